The Kier molecular flexibility index (Phi) is 4.10. The number of aliphatic carboxylic acids is 1. The second kappa shape index (κ2) is 5.34. The van der Waals surface area contributed by atoms with Crippen molar-refractivity contribution >= 4 is 18.9 Å². The maximum absolute atomic E-state index is 10.6. The Morgan fingerprint density at radius 1 is 1.31 bits per heavy atom. The van der Waals surface area contributed by atoms with Crippen LogP contribution in [0, 0.1) is 0 Å². The summed E-state index contributed by atoms with van der Waals surface area (Å²) in [5, 5.41) is 27.0. The fourth-order valence-corrected chi connectivity index (χ4v) is 1.14. The molecular weight excluding hydrogens is 209 g/mol. The van der Waals surface area contributed by atoms with Crippen molar-refractivity contribution in [3.05, 3.63) is 42.1 Å². The highest BCUT2D eigenvalue weighted by molar-refractivity contribution is 6.47. The van der Waals surface area contributed by atoms with Crippen LogP contribution < -0.4 is 4.81 Å². The van der Waals surface area contributed by atoms with Crippen molar-refractivity contribution in [1.82, 2.24) is 0 Å². The van der Waals surface area contributed by atoms with Crippen LogP contribution >= 0.6 is 0 Å². The van der Waals surface area contributed by atoms with Gasteiger partial charge < -0.3 is 20.0 Å². The third kappa shape index (κ3) is 3.11. The van der Waals surface area contributed by atoms with E-state index in [1.54, 1.807) is 30.3 Å². The predicted octanol–water partition coefficient (Wildman–Crippen LogP) is 0.451. The molecule has 0 bridgehead atoms. The van der Waals surface area contributed by atoms with Gasteiger partial charge in [-0.05, 0) is 19.1 Å². The number of nitrogens with zero attached hydrogens (tertiary/aromatic N) is 1. The van der Waals surface area contributed by atoms with Crippen molar-refractivity contribution in [3.8, 4) is 0 Å². The lowest BCUT2D eigenvalue weighted by molar-refractivity contribution is -0.132. The minimum absolute atomic E-state index is 0.0111. The van der Waals surface area contributed by atoms with Gasteiger partial charge in [-0.25, -0.2) is 4.79 Å². The minimum atomic E-state index is -1.78. The molecule has 1 rings (SSSR count). The lowest BCUT2D eigenvalue weighted by Crippen LogP contribution is -2.36. The number of anilines is 1. The third-order valence-electron chi connectivity index (χ3n) is 1.97. The zero-order valence-electron chi connectivity index (χ0n) is 8.74. The summed E-state index contributed by atoms with van der Waals surface area (Å²) in [5.74, 6) is -1.11. The molecule has 0 fully saturated rings. The van der Waals surface area contributed by atoms with Crippen LogP contribution in [0.1, 0.15) is 6.92 Å². The molecule has 0 aliphatic carbocycles. The highest BCUT2D eigenvalue weighted by Crippen LogP contribution is 2.15. The largest absolute Gasteiger partial charge is 0.592 e. The highest BCUT2D eigenvalue weighted by Gasteiger charge is 2.20. The zero-order valence-corrected chi connectivity index (χ0v) is 8.74. The smallest absolute Gasteiger partial charge is 0.478 e. The van der Waals surface area contributed by atoms with Gasteiger partial charge in [0.05, 0.1) is 0 Å². The van der Waals surface area contributed by atoms with Crippen LogP contribution in [0.5, 0.6) is 0 Å². The molecule has 0 amide bonds. The summed E-state index contributed by atoms with van der Waals surface area (Å²) in [6.07, 6.45) is 1.17. The third-order valence-corrected chi connectivity index (χ3v) is 1.97. The van der Waals surface area contributed by atoms with Crippen molar-refractivity contribution in [2.24, 2.45) is 0 Å². The summed E-state index contributed by atoms with van der Waals surface area (Å²) in [7, 11) is -1.78. The van der Waals surface area contributed by atoms with Crippen molar-refractivity contribution in [1.29, 1.82) is 0 Å². The number of carboxylic acids is 1. The highest BCUT2D eigenvalue weighted by atomic mass is 16.4. The Labute approximate surface area is 93.4 Å². The number of rotatable bonds is 4. The molecule has 3 N–H and O–H groups in total. The number of carboxylic acid groups (broad SMARTS) is 1. The van der Waals surface area contributed by atoms with Crippen LogP contribution in [-0.4, -0.2) is 28.4 Å². The second-order valence-electron chi connectivity index (χ2n) is 3.21. The Morgan fingerprint density at radius 3 is 2.31 bits per heavy atom. The van der Waals surface area contributed by atoms with Gasteiger partial charge in [0.2, 0.25) is 0 Å². The molecule has 16 heavy (non-hydrogen) atoms. The predicted molar refractivity (Wildman–Crippen MR) is 60.5 cm³/mol. The van der Waals surface area contributed by atoms with Gasteiger partial charge in [0.15, 0.2) is 0 Å². The molecule has 0 heterocycles. The van der Waals surface area contributed by atoms with Crippen LogP contribution in [0.4, 0.5) is 5.69 Å². The van der Waals surface area contributed by atoms with E-state index in [9.17, 15) is 4.79 Å². The standard InChI is InChI=1S/C10H12BNO4/c1-8(10(13)14)7-12(11(15)16)9-5-3-2-4-6-9/h2-7,15-16H,1H3,(H,13,14). The molecule has 0 spiro atoms. The number of benzene rings is 1. The first-order valence-electron chi connectivity index (χ1n) is 4.63. The second-order valence-corrected chi connectivity index (χ2v) is 3.21. The van der Waals surface area contributed by atoms with Gasteiger partial charge in [-0.3, -0.25) is 0 Å². The fraction of sp³-hybridized carbons (Fsp3) is 0.100. The molecule has 0 unspecified atom stereocenters. The van der Waals surface area contributed by atoms with E-state index in [0.717, 1.165) is 4.81 Å². The van der Waals surface area contributed by atoms with Crippen molar-refractivity contribution in [3.63, 3.8) is 0 Å². The molecule has 0 aromatic heterocycles. The van der Waals surface area contributed by atoms with Crippen LogP contribution in [-0.2, 0) is 4.79 Å². The number of hydrogen-bond donors (Lipinski definition) is 3. The van der Waals surface area contributed by atoms with Gasteiger partial charge in [0.1, 0.15) is 0 Å². The maximum atomic E-state index is 10.6. The first-order valence-corrected chi connectivity index (χ1v) is 4.63. The zero-order chi connectivity index (χ0) is 12.1. The summed E-state index contributed by atoms with van der Waals surface area (Å²) in [4.78, 5) is 11.7. The van der Waals surface area contributed by atoms with Crippen LogP contribution in [0.25, 0.3) is 0 Å². The number of carbonyl (C=O) groups is 1. The molecular formula is C10H12BNO4. The summed E-state index contributed by atoms with van der Waals surface area (Å²) in [5.41, 5.74) is 0.509. The van der Waals surface area contributed by atoms with Crippen molar-refractivity contribution in [2.75, 3.05) is 4.81 Å². The van der Waals surface area contributed by atoms with Crippen LogP contribution in [0.2, 0.25) is 0 Å². The normalized spacial score (nSPS) is 11.1. The van der Waals surface area contributed by atoms with E-state index in [1.807, 2.05) is 0 Å². The van der Waals surface area contributed by atoms with Gasteiger partial charge in [-0.2, -0.15) is 0 Å². The summed E-state index contributed by atoms with van der Waals surface area (Å²) in [6.45, 7) is 1.38. The van der Waals surface area contributed by atoms with Crippen molar-refractivity contribution < 1.29 is 19.9 Å². The molecule has 1 aromatic rings. The maximum Gasteiger partial charge on any atom is 0.592 e. The monoisotopic (exact) mass is 221 g/mol. The first-order chi connectivity index (χ1) is 7.52. The van der Waals surface area contributed by atoms with E-state index in [4.69, 9.17) is 15.2 Å². The molecule has 0 atom stereocenters. The van der Waals surface area contributed by atoms with Gasteiger partial charge in [0.25, 0.3) is 0 Å². The lowest BCUT2D eigenvalue weighted by atomic mass is 10.0. The SMILES string of the molecule is CC(=CN(B(O)O)c1ccccc1)C(=O)O. The van der Waals surface area contributed by atoms with Gasteiger partial charge in [-0.15, -0.1) is 0 Å². The lowest BCUT2D eigenvalue weighted by Gasteiger charge is -2.19. The average Bonchev–Trinajstić information content (AvgIpc) is 2.26. The van der Waals surface area contributed by atoms with E-state index >= 15 is 0 Å². The average molecular weight is 221 g/mol. The van der Waals surface area contributed by atoms with Gasteiger partial charge in [-0.1, -0.05) is 18.2 Å². The molecule has 1 aromatic carbocycles. The van der Waals surface area contributed by atoms with E-state index in [0.29, 0.717) is 5.69 Å². The quantitative estimate of drug-likeness (QED) is 0.508. The van der Waals surface area contributed by atoms with Crippen molar-refractivity contribution in [2.45, 2.75) is 6.92 Å². The molecule has 0 saturated carbocycles. The van der Waals surface area contributed by atoms with Crippen LogP contribution in [0.15, 0.2) is 42.1 Å². The topological polar surface area (TPSA) is 81.0 Å². The number of para-hydroxylation sites is 1. The molecule has 84 valence electrons. The molecule has 5 nitrogen and oxygen atoms in total. The molecule has 6 heteroatoms. The molecule has 0 aliphatic rings. The Hall–Kier alpha value is -1.79. The molecule has 0 saturated heterocycles. The number of hydrogen-bond acceptors (Lipinski definition) is 4. The van der Waals surface area contributed by atoms with E-state index < -0.39 is 13.2 Å². The summed E-state index contributed by atoms with van der Waals surface area (Å²) < 4.78 is 0. The van der Waals surface area contributed by atoms with Crippen LogP contribution in [0.3, 0.4) is 0 Å². The summed E-state index contributed by atoms with van der Waals surface area (Å²) >= 11 is 0. The fourth-order valence-electron chi connectivity index (χ4n) is 1.14. The molecule has 0 aliphatic heterocycles. The van der Waals surface area contributed by atoms with Gasteiger partial charge in [0, 0.05) is 17.5 Å². The Bertz CT molecular complexity index is 391. The van der Waals surface area contributed by atoms with E-state index in [1.165, 1.54) is 13.1 Å². The first kappa shape index (κ1) is 12.3. The molecule has 0 radical (unpaired) electrons. The van der Waals surface area contributed by atoms with E-state index in [2.05, 4.69) is 0 Å². The Balaban J connectivity index is 3.02. The summed E-state index contributed by atoms with van der Waals surface area (Å²) in [6, 6.07) is 8.50. The van der Waals surface area contributed by atoms with E-state index in [-0.39, 0.29) is 5.57 Å². The van der Waals surface area contributed by atoms with Gasteiger partial charge >= 0.3 is 13.2 Å². The Morgan fingerprint density at radius 2 is 1.88 bits per heavy atom. The minimum Gasteiger partial charge on any atom is -0.478 e.